The van der Waals surface area contributed by atoms with E-state index in [-0.39, 0.29) is 49.0 Å². The van der Waals surface area contributed by atoms with Gasteiger partial charge in [0.05, 0.1) is 32.6 Å². The first-order valence-electron chi connectivity index (χ1n) is 21.8. The highest BCUT2D eigenvalue weighted by Gasteiger charge is 2.57. The SMILES string of the molecule is COc1c(CN2O[C@@H](CO)[C@@H]([C@H](C)O)[C@H]2C(=O)N[C@H]2C[C@@H]3C[C@@H]([C@@H]2C)C3(C)C)cccc1-c1cc(C(=O)N[C@@H](Cc2ccccc2)CN(C)C)cc(N(C)CCNS(C)(=O)=O)c1. The van der Waals surface area contributed by atoms with Crippen molar-refractivity contribution in [1.29, 1.82) is 0 Å². The van der Waals surface area contributed by atoms with Crippen molar-refractivity contribution < 1.29 is 37.8 Å². The third-order valence-electron chi connectivity index (χ3n) is 13.7. The number of carbonyl (C=O) groups excluding carboxylic acids is 2. The van der Waals surface area contributed by atoms with Crippen LogP contribution in [0.2, 0.25) is 0 Å². The summed E-state index contributed by atoms with van der Waals surface area (Å²) in [6, 6.07) is 20.2. The Balaban J connectivity index is 1.32. The normalized spacial score (nSPS) is 25.5. The third kappa shape index (κ3) is 10.8. The Hall–Kier alpha value is -4.09. The monoisotopic (exact) mass is 876 g/mol. The molecule has 0 spiro atoms. The molecule has 0 unspecified atom stereocenters. The summed E-state index contributed by atoms with van der Waals surface area (Å²) < 4.78 is 32.5. The van der Waals surface area contributed by atoms with Gasteiger partial charge in [0.2, 0.25) is 15.9 Å². The van der Waals surface area contributed by atoms with Gasteiger partial charge in [-0.3, -0.25) is 14.4 Å². The highest BCUT2D eigenvalue weighted by atomic mass is 32.2. The van der Waals surface area contributed by atoms with Gasteiger partial charge in [-0.15, -0.1) is 0 Å². The Kier molecular flexibility index (Phi) is 15.1. The zero-order valence-corrected chi connectivity index (χ0v) is 38.6. The molecule has 5 N–H and O–H groups in total. The van der Waals surface area contributed by atoms with E-state index in [0.29, 0.717) is 71.0 Å². The van der Waals surface area contributed by atoms with E-state index in [9.17, 15) is 28.2 Å². The number of benzene rings is 3. The van der Waals surface area contributed by atoms with E-state index in [1.165, 1.54) is 6.42 Å². The number of nitrogens with one attached hydrogen (secondary N) is 3. The Labute approximate surface area is 368 Å². The van der Waals surface area contributed by atoms with Gasteiger partial charge in [0.15, 0.2) is 0 Å². The van der Waals surface area contributed by atoms with Gasteiger partial charge in [-0.2, -0.15) is 5.06 Å². The molecule has 3 aliphatic carbocycles. The van der Waals surface area contributed by atoms with E-state index < -0.39 is 34.2 Å². The molecule has 62 heavy (non-hydrogen) atoms. The quantitative estimate of drug-likeness (QED) is 0.118. The third-order valence-corrected chi connectivity index (χ3v) is 14.4. The maximum Gasteiger partial charge on any atom is 0.251 e. The lowest BCUT2D eigenvalue weighted by atomic mass is 9.45. The number of carbonyl (C=O) groups is 2. The van der Waals surface area contributed by atoms with Crippen molar-refractivity contribution in [2.75, 3.05) is 65.6 Å². The molecule has 1 saturated heterocycles. The van der Waals surface area contributed by atoms with Gasteiger partial charge in [0, 0.05) is 67.1 Å². The molecule has 340 valence electrons. The van der Waals surface area contributed by atoms with Crippen molar-refractivity contribution >= 4 is 27.5 Å². The van der Waals surface area contributed by atoms with Gasteiger partial charge in [-0.05, 0) is 92.8 Å². The van der Waals surface area contributed by atoms with Crippen molar-refractivity contribution in [3.8, 4) is 16.9 Å². The van der Waals surface area contributed by atoms with E-state index in [4.69, 9.17) is 9.57 Å². The number of anilines is 1. The van der Waals surface area contributed by atoms with Crippen LogP contribution in [-0.2, 0) is 32.6 Å². The number of aliphatic hydroxyl groups excluding tert-OH is 2. The minimum absolute atomic E-state index is 0.00252. The maximum absolute atomic E-state index is 14.4. The van der Waals surface area contributed by atoms with Gasteiger partial charge in [0.1, 0.15) is 17.9 Å². The van der Waals surface area contributed by atoms with Gasteiger partial charge >= 0.3 is 0 Å². The fourth-order valence-corrected chi connectivity index (χ4v) is 10.7. The molecular formula is C47H68N6O8S. The Morgan fingerprint density at radius 2 is 1.77 bits per heavy atom. The topological polar surface area (TPSA) is 173 Å². The lowest BCUT2D eigenvalue weighted by molar-refractivity contribution is -0.183. The molecule has 0 aromatic heterocycles. The molecule has 2 amide bonds. The first-order chi connectivity index (χ1) is 29.3. The van der Waals surface area contributed by atoms with Crippen molar-refractivity contribution in [3.63, 3.8) is 0 Å². The maximum atomic E-state index is 14.4. The molecule has 3 aromatic carbocycles. The summed E-state index contributed by atoms with van der Waals surface area (Å²) in [7, 11) is 3.93. The molecule has 0 radical (unpaired) electrons. The van der Waals surface area contributed by atoms with Crippen LogP contribution in [-0.4, -0.2) is 131 Å². The number of nitrogens with zero attached hydrogens (tertiary/aromatic N) is 3. The molecule has 3 saturated carbocycles. The van der Waals surface area contributed by atoms with E-state index in [1.54, 1.807) is 25.2 Å². The number of hydrogen-bond donors (Lipinski definition) is 5. The summed E-state index contributed by atoms with van der Waals surface area (Å²) in [6.07, 6.45) is 2.07. The average Bonchev–Trinajstić information content (AvgIpc) is 3.59. The predicted octanol–water partition coefficient (Wildman–Crippen LogP) is 3.91. The van der Waals surface area contributed by atoms with Crippen LogP contribution in [0.4, 0.5) is 5.69 Å². The van der Waals surface area contributed by atoms with Crippen molar-refractivity contribution in [1.82, 2.24) is 25.3 Å². The predicted molar refractivity (Wildman–Crippen MR) is 242 cm³/mol. The molecule has 7 rings (SSSR count). The average molecular weight is 877 g/mol. The van der Waals surface area contributed by atoms with Crippen LogP contribution in [0.25, 0.3) is 11.1 Å². The van der Waals surface area contributed by atoms with Crippen LogP contribution in [0.15, 0.2) is 66.7 Å². The Morgan fingerprint density at radius 3 is 2.39 bits per heavy atom. The van der Waals surface area contributed by atoms with Gasteiger partial charge in [0.25, 0.3) is 5.91 Å². The van der Waals surface area contributed by atoms with Crippen molar-refractivity contribution in [3.05, 3.63) is 83.4 Å². The molecular weight excluding hydrogens is 809 g/mol. The van der Waals surface area contributed by atoms with E-state index in [0.717, 1.165) is 18.2 Å². The Bertz CT molecular complexity index is 2140. The summed E-state index contributed by atoms with van der Waals surface area (Å²) in [5.41, 5.74) is 4.50. The molecule has 1 aliphatic heterocycles. The number of rotatable bonds is 19. The van der Waals surface area contributed by atoms with E-state index in [1.807, 2.05) is 91.6 Å². The number of sulfonamides is 1. The molecule has 4 aliphatic rings. The number of hydrogen-bond acceptors (Lipinski definition) is 11. The number of aliphatic hydroxyl groups is 2. The molecule has 3 aromatic rings. The standard InChI is InChI=1S/C47H68N6O8S/c1-29-39-24-35(47(39,3)4)25-40(29)50-46(57)43-42(30(2)55)41(28-54)61-53(43)26-32-16-13-17-38(44(32)60-8)33-21-34(23-37(22-33)52(7)19-18-48-62(9,58)59)45(56)49-36(27-51(5)6)20-31-14-11-10-12-15-31/h10-17,21-23,29-30,35-36,39-43,48,54-55H,18-20,24-28H2,1-9H3,(H,49,56)(H,50,57)/t29-,30-,35-,36-,39-,40-,41-,42+,43-/m0/s1. The zero-order chi connectivity index (χ0) is 45.1. The van der Waals surface area contributed by atoms with Crippen LogP contribution < -0.4 is 25.0 Å². The fraction of sp³-hybridized carbons (Fsp3) is 0.574. The first-order valence-corrected chi connectivity index (χ1v) is 23.7. The number of fused-ring (bicyclic) bond motifs is 2. The van der Waals surface area contributed by atoms with Crippen molar-refractivity contribution in [2.45, 2.75) is 83.8 Å². The lowest BCUT2D eigenvalue weighted by Gasteiger charge is -2.62. The largest absolute Gasteiger partial charge is 0.496 e. The van der Waals surface area contributed by atoms with Gasteiger partial charge in [-0.1, -0.05) is 69.3 Å². The molecule has 15 heteroatoms. The summed E-state index contributed by atoms with van der Waals surface area (Å²) >= 11 is 0. The van der Waals surface area contributed by atoms with Crippen LogP contribution in [0, 0.1) is 29.1 Å². The smallest absolute Gasteiger partial charge is 0.251 e. The van der Waals surface area contributed by atoms with E-state index in [2.05, 4.69) is 36.1 Å². The highest BCUT2D eigenvalue weighted by Crippen LogP contribution is 2.61. The van der Waals surface area contributed by atoms with Crippen LogP contribution in [0.3, 0.4) is 0 Å². The van der Waals surface area contributed by atoms with E-state index >= 15 is 0 Å². The second-order valence-corrected chi connectivity index (χ2v) is 20.5. The van der Waals surface area contributed by atoms with Crippen molar-refractivity contribution in [2.24, 2.45) is 29.1 Å². The van der Waals surface area contributed by atoms with Crippen LogP contribution in [0.5, 0.6) is 5.75 Å². The molecule has 4 fully saturated rings. The summed E-state index contributed by atoms with van der Waals surface area (Å²) in [5, 5.41) is 29.7. The fourth-order valence-electron chi connectivity index (χ4n) is 10.2. The summed E-state index contributed by atoms with van der Waals surface area (Å²) in [6.45, 7) is 9.32. The molecule has 2 bridgehead atoms. The molecule has 14 nitrogen and oxygen atoms in total. The van der Waals surface area contributed by atoms with Crippen LogP contribution in [0.1, 0.15) is 62.0 Å². The second-order valence-electron chi connectivity index (χ2n) is 18.7. The number of hydroxylamine groups is 2. The molecule has 9 atom stereocenters. The lowest BCUT2D eigenvalue weighted by Crippen LogP contribution is -2.62. The zero-order valence-electron chi connectivity index (χ0n) is 37.8. The summed E-state index contributed by atoms with van der Waals surface area (Å²) in [4.78, 5) is 38.9. The van der Waals surface area contributed by atoms with Gasteiger partial charge in [-0.25, -0.2) is 13.1 Å². The minimum atomic E-state index is -3.41. The number of likely N-dealkylation sites (N-methyl/N-ethyl adjacent to an activating group) is 2. The number of ether oxygens (including phenoxy) is 1. The number of methoxy groups -OCH3 is 1. The number of amides is 2. The summed E-state index contributed by atoms with van der Waals surface area (Å²) in [5.74, 6) is 0.662. The number of para-hydroxylation sites is 1. The molecule has 1 heterocycles. The second kappa shape index (κ2) is 19.7. The van der Waals surface area contributed by atoms with Gasteiger partial charge < -0.3 is 35.4 Å². The highest BCUT2D eigenvalue weighted by molar-refractivity contribution is 7.88. The van der Waals surface area contributed by atoms with Crippen LogP contribution >= 0.6 is 0 Å². The minimum Gasteiger partial charge on any atom is -0.496 e. The first kappa shape index (κ1) is 47.4. The Morgan fingerprint density at radius 1 is 1.05 bits per heavy atom.